The molecule has 0 amide bonds. The molecule has 0 spiro atoms. The molecule has 17 heavy (non-hydrogen) atoms. The van der Waals surface area contributed by atoms with Crippen molar-refractivity contribution in [1.29, 1.82) is 0 Å². The van der Waals surface area contributed by atoms with Crippen LogP contribution in [0.3, 0.4) is 0 Å². The number of rotatable bonds is 3. The SMILES string of the molecule is Nc1ccccc1OCc1ccc(Cl)c(Cl)c1. The number of hydrogen-bond donors (Lipinski definition) is 1. The van der Waals surface area contributed by atoms with Gasteiger partial charge in [0.15, 0.2) is 0 Å². The second-order valence-electron chi connectivity index (χ2n) is 3.57. The smallest absolute Gasteiger partial charge is 0.142 e. The van der Waals surface area contributed by atoms with Crippen molar-refractivity contribution in [1.82, 2.24) is 0 Å². The minimum atomic E-state index is 0.408. The molecule has 88 valence electrons. The highest BCUT2D eigenvalue weighted by atomic mass is 35.5. The lowest BCUT2D eigenvalue weighted by Crippen LogP contribution is -1.98. The molecule has 0 bridgehead atoms. The Labute approximate surface area is 110 Å². The molecule has 0 heterocycles. The third kappa shape index (κ3) is 3.05. The third-order valence-electron chi connectivity index (χ3n) is 2.30. The van der Waals surface area contributed by atoms with Gasteiger partial charge in [-0.3, -0.25) is 0 Å². The van der Waals surface area contributed by atoms with Crippen molar-refractivity contribution in [2.24, 2.45) is 0 Å². The van der Waals surface area contributed by atoms with Gasteiger partial charge in [-0.15, -0.1) is 0 Å². The van der Waals surface area contributed by atoms with Crippen molar-refractivity contribution in [3.8, 4) is 5.75 Å². The van der Waals surface area contributed by atoms with E-state index in [-0.39, 0.29) is 0 Å². The molecule has 0 atom stereocenters. The van der Waals surface area contributed by atoms with Crippen LogP contribution in [0.15, 0.2) is 42.5 Å². The monoisotopic (exact) mass is 267 g/mol. The van der Waals surface area contributed by atoms with Gasteiger partial charge in [-0.1, -0.05) is 41.4 Å². The van der Waals surface area contributed by atoms with Crippen LogP contribution in [0.4, 0.5) is 5.69 Å². The standard InChI is InChI=1S/C13H11Cl2NO/c14-10-6-5-9(7-11(10)15)8-17-13-4-2-1-3-12(13)16/h1-7H,8,16H2. The van der Waals surface area contributed by atoms with Gasteiger partial charge in [0.25, 0.3) is 0 Å². The number of benzene rings is 2. The van der Waals surface area contributed by atoms with E-state index in [1.807, 2.05) is 24.3 Å². The number of anilines is 1. The predicted octanol–water partition coefficient (Wildman–Crippen LogP) is 4.15. The lowest BCUT2D eigenvalue weighted by molar-refractivity contribution is 0.308. The molecule has 0 aromatic heterocycles. The molecule has 2 rings (SSSR count). The Hall–Kier alpha value is -1.38. The first-order valence-corrected chi connectivity index (χ1v) is 5.83. The van der Waals surface area contributed by atoms with E-state index in [0.29, 0.717) is 28.1 Å². The minimum absolute atomic E-state index is 0.408. The fourth-order valence-corrected chi connectivity index (χ4v) is 1.72. The Morgan fingerprint density at radius 3 is 2.47 bits per heavy atom. The summed E-state index contributed by atoms with van der Waals surface area (Å²) in [6.07, 6.45) is 0. The Morgan fingerprint density at radius 2 is 1.76 bits per heavy atom. The van der Waals surface area contributed by atoms with Crippen LogP contribution in [-0.4, -0.2) is 0 Å². The molecule has 0 aliphatic rings. The fourth-order valence-electron chi connectivity index (χ4n) is 1.40. The molecular formula is C13H11Cl2NO. The normalized spacial score (nSPS) is 10.2. The van der Waals surface area contributed by atoms with Crippen molar-refractivity contribution >= 4 is 28.9 Å². The van der Waals surface area contributed by atoms with Gasteiger partial charge in [-0.05, 0) is 29.8 Å². The van der Waals surface area contributed by atoms with Gasteiger partial charge in [0.2, 0.25) is 0 Å². The van der Waals surface area contributed by atoms with Crippen LogP contribution in [0, 0.1) is 0 Å². The highest BCUT2D eigenvalue weighted by Gasteiger charge is 2.02. The lowest BCUT2D eigenvalue weighted by Gasteiger charge is -2.09. The second kappa shape index (κ2) is 5.30. The first kappa shape index (κ1) is 12.1. The number of ether oxygens (including phenoxy) is 1. The average molecular weight is 268 g/mol. The van der Waals surface area contributed by atoms with Crippen LogP contribution in [-0.2, 0) is 6.61 Å². The Kier molecular flexibility index (Phi) is 3.77. The summed E-state index contributed by atoms with van der Waals surface area (Å²) in [5.74, 6) is 0.665. The molecule has 0 radical (unpaired) electrons. The maximum atomic E-state index is 5.91. The maximum absolute atomic E-state index is 5.91. The fraction of sp³-hybridized carbons (Fsp3) is 0.0769. The largest absolute Gasteiger partial charge is 0.487 e. The van der Waals surface area contributed by atoms with Gasteiger partial charge >= 0.3 is 0 Å². The van der Waals surface area contributed by atoms with Crippen LogP contribution in [0.2, 0.25) is 10.0 Å². The summed E-state index contributed by atoms with van der Waals surface area (Å²) in [5.41, 5.74) is 7.33. The quantitative estimate of drug-likeness (QED) is 0.848. The minimum Gasteiger partial charge on any atom is -0.487 e. The van der Waals surface area contributed by atoms with Crippen LogP contribution in [0.5, 0.6) is 5.75 Å². The summed E-state index contributed by atoms with van der Waals surface area (Å²) in [6.45, 7) is 0.408. The molecule has 0 saturated heterocycles. The van der Waals surface area contributed by atoms with Crippen LogP contribution < -0.4 is 10.5 Å². The van der Waals surface area contributed by atoms with E-state index < -0.39 is 0 Å². The molecule has 0 unspecified atom stereocenters. The van der Waals surface area contributed by atoms with Gasteiger partial charge in [0.1, 0.15) is 12.4 Å². The molecule has 2 nitrogen and oxygen atoms in total. The Morgan fingerprint density at radius 1 is 1.00 bits per heavy atom. The van der Waals surface area contributed by atoms with E-state index in [9.17, 15) is 0 Å². The first-order valence-electron chi connectivity index (χ1n) is 5.08. The van der Waals surface area contributed by atoms with Crippen molar-refractivity contribution in [2.75, 3.05) is 5.73 Å². The molecule has 0 aliphatic carbocycles. The number of halogens is 2. The Bertz CT molecular complexity index is 529. The predicted molar refractivity (Wildman–Crippen MR) is 71.6 cm³/mol. The molecule has 0 aliphatic heterocycles. The third-order valence-corrected chi connectivity index (χ3v) is 3.04. The van der Waals surface area contributed by atoms with Gasteiger partial charge in [0, 0.05) is 0 Å². The highest BCUT2D eigenvalue weighted by molar-refractivity contribution is 6.42. The van der Waals surface area contributed by atoms with Crippen molar-refractivity contribution < 1.29 is 4.74 Å². The van der Waals surface area contributed by atoms with Gasteiger partial charge in [-0.25, -0.2) is 0 Å². The maximum Gasteiger partial charge on any atom is 0.142 e. The highest BCUT2D eigenvalue weighted by Crippen LogP contribution is 2.25. The lowest BCUT2D eigenvalue weighted by atomic mass is 10.2. The van der Waals surface area contributed by atoms with E-state index in [4.69, 9.17) is 33.7 Å². The number of para-hydroxylation sites is 2. The molecular weight excluding hydrogens is 257 g/mol. The molecule has 2 aromatic rings. The average Bonchev–Trinajstić information content (AvgIpc) is 2.32. The zero-order valence-corrected chi connectivity index (χ0v) is 10.5. The number of hydrogen-bond acceptors (Lipinski definition) is 2. The number of nitrogens with two attached hydrogens (primary N) is 1. The molecule has 0 fully saturated rings. The van der Waals surface area contributed by atoms with Gasteiger partial charge < -0.3 is 10.5 Å². The summed E-state index contributed by atoms with van der Waals surface area (Å²) < 4.78 is 5.59. The van der Waals surface area contributed by atoms with Gasteiger partial charge in [-0.2, -0.15) is 0 Å². The van der Waals surface area contributed by atoms with Crippen LogP contribution in [0.1, 0.15) is 5.56 Å². The Balaban J connectivity index is 2.08. The van der Waals surface area contributed by atoms with E-state index in [1.165, 1.54) is 0 Å². The van der Waals surface area contributed by atoms with E-state index in [2.05, 4.69) is 0 Å². The van der Waals surface area contributed by atoms with Crippen molar-refractivity contribution in [3.05, 3.63) is 58.1 Å². The molecule has 2 N–H and O–H groups in total. The molecule has 2 aromatic carbocycles. The summed E-state index contributed by atoms with van der Waals surface area (Å²) in [7, 11) is 0. The summed E-state index contributed by atoms with van der Waals surface area (Å²) in [6, 6.07) is 12.8. The van der Waals surface area contributed by atoms with E-state index >= 15 is 0 Å². The first-order chi connectivity index (χ1) is 8.16. The van der Waals surface area contributed by atoms with Crippen LogP contribution in [0.25, 0.3) is 0 Å². The zero-order chi connectivity index (χ0) is 12.3. The zero-order valence-electron chi connectivity index (χ0n) is 8.99. The molecule has 4 heteroatoms. The molecule has 0 saturated carbocycles. The van der Waals surface area contributed by atoms with Crippen molar-refractivity contribution in [2.45, 2.75) is 6.61 Å². The van der Waals surface area contributed by atoms with E-state index in [0.717, 1.165) is 5.56 Å². The topological polar surface area (TPSA) is 35.2 Å². The van der Waals surface area contributed by atoms with Crippen LogP contribution >= 0.6 is 23.2 Å². The second-order valence-corrected chi connectivity index (χ2v) is 4.39. The summed E-state index contributed by atoms with van der Waals surface area (Å²) in [5, 5.41) is 1.06. The van der Waals surface area contributed by atoms with E-state index in [1.54, 1.807) is 18.2 Å². The van der Waals surface area contributed by atoms with Crippen molar-refractivity contribution in [3.63, 3.8) is 0 Å². The summed E-state index contributed by atoms with van der Waals surface area (Å²) >= 11 is 11.7. The van der Waals surface area contributed by atoms with Gasteiger partial charge in [0.05, 0.1) is 15.7 Å². The summed E-state index contributed by atoms with van der Waals surface area (Å²) in [4.78, 5) is 0. The number of nitrogen functional groups attached to an aromatic ring is 1.